The van der Waals surface area contributed by atoms with Crippen molar-refractivity contribution >= 4 is 45.6 Å². The van der Waals surface area contributed by atoms with E-state index in [-0.39, 0.29) is 16.4 Å². The van der Waals surface area contributed by atoms with Gasteiger partial charge in [0.25, 0.3) is 5.91 Å². The highest BCUT2D eigenvalue weighted by atomic mass is 35.5. The Balaban J connectivity index is 1.80. The quantitative estimate of drug-likeness (QED) is 0.715. The first kappa shape index (κ1) is 15.9. The topological polar surface area (TPSA) is 54.9 Å². The molecular formula is C15H8Cl2FN3OS. The summed E-state index contributed by atoms with van der Waals surface area (Å²) in [6.45, 7) is 0. The second kappa shape index (κ2) is 6.62. The fraction of sp³-hybridized carbons (Fsp3) is 0. The van der Waals surface area contributed by atoms with Gasteiger partial charge in [0.05, 0.1) is 10.6 Å². The normalized spacial score (nSPS) is 10.6. The number of nitrogens with one attached hydrogen (secondary N) is 1. The van der Waals surface area contributed by atoms with Crippen molar-refractivity contribution in [1.82, 2.24) is 10.2 Å². The lowest BCUT2D eigenvalue weighted by Gasteiger charge is -2.03. The summed E-state index contributed by atoms with van der Waals surface area (Å²) >= 11 is 13.0. The van der Waals surface area contributed by atoms with Gasteiger partial charge in [-0.1, -0.05) is 34.5 Å². The van der Waals surface area contributed by atoms with E-state index in [1.54, 1.807) is 24.3 Å². The highest BCUT2D eigenvalue weighted by molar-refractivity contribution is 7.18. The number of hydrogen-bond donors (Lipinski definition) is 1. The largest absolute Gasteiger partial charge is 0.296 e. The van der Waals surface area contributed by atoms with Crippen molar-refractivity contribution in [3.05, 3.63) is 63.9 Å². The first-order valence-electron chi connectivity index (χ1n) is 6.39. The maximum Gasteiger partial charge on any atom is 0.259 e. The standard InChI is InChI=1S/C15H8Cl2FN3OS/c16-9-3-6-12(17)11(7-9)13(22)19-15-21-20-14(23-15)8-1-4-10(18)5-2-8/h1-7H,(H,19,21,22). The van der Waals surface area contributed by atoms with Crippen LogP contribution in [-0.4, -0.2) is 16.1 Å². The van der Waals surface area contributed by atoms with Gasteiger partial charge in [0.2, 0.25) is 5.13 Å². The molecule has 0 spiro atoms. The van der Waals surface area contributed by atoms with Gasteiger partial charge in [-0.2, -0.15) is 0 Å². The summed E-state index contributed by atoms with van der Waals surface area (Å²) in [4.78, 5) is 12.2. The lowest BCUT2D eigenvalue weighted by Crippen LogP contribution is -2.12. The van der Waals surface area contributed by atoms with Gasteiger partial charge in [0.15, 0.2) is 0 Å². The molecule has 1 N–H and O–H groups in total. The van der Waals surface area contributed by atoms with Gasteiger partial charge in [-0.3, -0.25) is 10.1 Å². The van der Waals surface area contributed by atoms with Crippen LogP contribution in [0.1, 0.15) is 10.4 Å². The number of carbonyl (C=O) groups is 1. The molecule has 116 valence electrons. The Labute approximate surface area is 144 Å². The third kappa shape index (κ3) is 3.67. The van der Waals surface area contributed by atoms with Gasteiger partial charge in [-0.25, -0.2) is 4.39 Å². The van der Waals surface area contributed by atoms with Crippen molar-refractivity contribution in [2.75, 3.05) is 5.32 Å². The van der Waals surface area contributed by atoms with Crippen LogP contribution < -0.4 is 5.32 Å². The van der Waals surface area contributed by atoms with E-state index in [0.717, 1.165) is 0 Å². The Morgan fingerprint density at radius 3 is 2.57 bits per heavy atom. The summed E-state index contributed by atoms with van der Waals surface area (Å²) in [5.74, 6) is -0.762. The third-order valence-electron chi connectivity index (χ3n) is 2.91. The molecule has 0 fully saturated rings. The molecule has 0 bridgehead atoms. The van der Waals surface area contributed by atoms with E-state index in [2.05, 4.69) is 15.5 Å². The maximum absolute atomic E-state index is 12.9. The SMILES string of the molecule is O=C(Nc1nnc(-c2ccc(F)cc2)s1)c1cc(Cl)ccc1Cl. The van der Waals surface area contributed by atoms with E-state index in [1.807, 2.05) is 0 Å². The fourth-order valence-electron chi connectivity index (χ4n) is 1.82. The number of benzene rings is 2. The van der Waals surface area contributed by atoms with Crippen molar-refractivity contribution < 1.29 is 9.18 Å². The molecule has 1 aromatic heterocycles. The Morgan fingerprint density at radius 2 is 1.83 bits per heavy atom. The van der Waals surface area contributed by atoms with Crippen molar-refractivity contribution in [2.45, 2.75) is 0 Å². The molecule has 1 heterocycles. The van der Waals surface area contributed by atoms with Gasteiger partial charge < -0.3 is 0 Å². The average Bonchev–Trinajstić information content (AvgIpc) is 2.99. The number of halogens is 3. The minimum Gasteiger partial charge on any atom is -0.296 e. The molecule has 0 aliphatic carbocycles. The van der Waals surface area contributed by atoms with Gasteiger partial charge in [-0.15, -0.1) is 10.2 Å². The Morgan fingerprint density at radius 1 is 1.09 bits per heavy atom. The molecule has 23 heavy (non-hydrogen) atoms. The summed E-state index contributed by atoms with van der Waals surface area (Å²) in [7, 11) is 0. The van der Waals surface area contributed by atoms with Crippen molar-refractivity contribution in [3.8, 4) is 10.6 Å². The number of anilines is 1. The van der Waals surface area contributed by atoms with Gasteiger partial charge in [-0.05, 0) is 42.5 Å². The highest BCUT2D eigenvalue weighted by Crippen LogP contribution is 2.27. The van der Waals surface area contributed by atoms with Crippen molar-refractivity contribution in [1.29, 1.82) is 0 Å². The molecule has 0 radical (unpaired) electrons. The molecule has 8 heteroatoms. The molecule has 0 saturated carbocycles. The van der Waals surface area contributed by atoms with Crippen LogP contribution in [0, 0.1) is 5.82 Å². The Hall–Kier alpha value is -2.02. The number of carbonyl (C=O) groups excluding carboxylic acids is 1. The Bertz CT molecular complexity index is 867. The van der Waals surface area contributed by atoms with Crippen LogP contribution in [0.4, 0.5) is 9.52 Å². The third-order valence-corrected chi connectivity index (χ3v) is 4.36. The summed E-state index contributed by atoms with van der Waals surface area (Å²) in [6.07, 6.45) is 0. The molecule has 2 aromatic carbocycles. The number of aromatic nitrogens is 2. The Kier molecular flexibility index (Phi) is 4.56. The van der Waals surface area contributed by atoms with Crippen LogP contribution in [0.3, 0.4) is 0 Å². The highest BCUT2D eigenvalue weighted by Gasteiger charge is 2.14. The van der Waals surface area contributed by atoms with Crippen LogP contribution in [0.15, 0.2) is 42.5 Å². The van der Waals surface area contributed by atoms with Crippen LogP contribution in [0.2, 0.25) is 10.0 Å². The summed E-state index contributed by atoms with van der Waals surface area (Å²) in [5.41, 5.74) is 0.961. The van der Waals surface area contributed by atoms with Crippen molar-refractivity contribution in [2.24, 2.45) is 0 Å². The molecular weight excluding hydrogens is 360 g/mol. The maximum atomic E-state index is 12.9. The van der Waals surface area contributed by atoms with E-state index >= 15 is 0 Å². The van der Waals surface area contributed by atoms with Crippen LogP contribution >= 0.6 is 34.5 Å². The van der Waals surface area contributed by atoms with E-state index in [1.165, 1.54) is 29.5 Å². The van der Waals surface area contributed by atoms with Gasteiger partial charge in [0, 0.05) is 10.6 Å². The number of rotatable bonds is 3. The summed E-state index contributed by atoms with van der Waals surface area (Å²) < 4.78 is 12.9. The number of amides is 1. The first-order valence-corrected chi connectivity index (χ1v) is 7.96. The molecule has 4 nitrogen and oxygen atoms in total. The van der Waals surface area contributed by atoms with E-state index < -0.39 is 5.91 Å². The molecule has 0 aliphatic rings. The molecule has 3 rings (SSSR count). The van der Waals surface area contributed by atoms with E-state index in [0.29, 0.717) is 20.7 Å². The van der Waals surface area contributed by atoms with Crippen LogP contribution in [0.5, 0.6) is 0 Å². The van der Waals surface area contributed by atoms with Gasteiger partial charge >= 0.3 is 0 Å². The lowest BCUT2D eigenvalue weighted by molar-refractivity contribution is 0.102. The molecule has 0 saturated heterocycles. The zero-order chi connectivity index (χ0) is 16.4. The molecule has 3 aromatic rings. The number of nitrogens with zero attached hydrogens (tertiary/aromatic N) is 2. The summed E-state index contributed by atoms with van der Waals surface area (Å²) in [6, 6.07) is 10.5. The van der Waals surface area contributed by atoms with Crippen LogP contribution in [-0.2, 0) is 0 Å². The lowest BCUT2D eigenvalue weighted by atomic mass is 10.2. The predicted molar refractivity (Wildman–Crippen MR) is 89.7 cm³/mol. The second-order valence-electron chi connectivity index (χ2n) is 4.50. The van der Waals surface area contributed by atoms with E-state index in [4.69, 9.17) is 23.2 Å². The minimum absolute atomic E-state index is 0.248. The average molecular weight is 368 g/mol. The minimum atomic E-state index is -0.431. The molecule has 0 unspecified atom stereocenters. The number of hydrogen-bond acceptors (Lipinski definition) is 4. The zero-order valence-corrected chi connectivity index (χ0v) is 13.7. The molecule has 1 amide bonds. The smallest absolute Gasteiger partial charge is 0.259 e. The monoisotopic (exact) mass is 367 g/mol. The van der Waals surface area contributed by atoms with Gasteiger partial charge in [0.1, 0.15) is 10.8 Å². The summed E-state index contributed by atoms with van der Waals surface area (Å²) in [5, 5.41) is 12.1. The van der Waals surface area contributed by atoms with Crippen LogP contribution in [0.25, 0.3) is 10.6 Å². The molecule has 0 aliphatic heterocycles. The molecule has 0 atom stereocenters. The van der Waals surface area contributed by atoms with E-state index in [9.17, 15) is 9.18 Å². The predicted octanol–water partition coefficient (Wildman–Crippen LogP) is 4.90. The van der Waals surface area contributed by atoms with Crippen molar-refractivity contribution in [3.63, 3.8) is 0 Å². The first-order chi connectivity index (χ1) is 11.0. The zero-order valence-electron chi connectivity index (χ0n) is 11.4. The second-order valence-corrected chi connectivity index (χ2v) is 6.32. The fourth-order valence-corrected chi connectivity index (χ4v) is 2.94.